The number of rotatable bonds is 3. The van der Waals surface area contributed by atoms with Crippen LogP contribution in [0.15, 0.2) is 5.51 Å². The highest BCUT2D eigenvalue weighted by Gasteiger charge is 2.36. The van der Waals surface area contributed by atoms with Gasteiger partial charge in [0.15, 0.2) is 0 Å². The normalized spacial score (nSPS) is 18.6. The van der Waals surface area contributed by atoms with Crippen LogP contribution in [-0.2, 0) is 11.3 Å². The molecule has 2 amide bonds. The summed E-state index contributed by atoms with van der Waals surface area (Å²) in [6, 6.07) is -0.965. The van der Waals surface area contributed by atoms with Crippen molar-refractivity contribution in [3.63, 3.8) is 0 Å². The fourth-order valence-corrected chi connectivity index (χ4v) is 3.78. The Labute approximate surface area is 119 Å². The first-order chi connectivity index (χ1) is 9.00. The number of amides is 2. The van der Waals surface area contributed by atoms with E-state index in [9.17, 15) is 9.59 Å². The van der Waals surface area contributed by atoms with Crippen LogP contribution in [0.5, 0.6) is 0 Å². The summed E-state index contributed by atoms with van der Waals surface area (Å²) in [5, 5.41) is 9.08. The van der Waals surface area contributed by atoms with E-state index in [0.29, 0.717) is 18.2 Å². The number of carbonyl (C=O) groups is 2. The van der Waals surface area contributed by atoms with E-state index >= 15 is 0 Å². The van der Waals surface area contributed by atoms with E-state index in [1.807, 2.05) is 6.92 Å². The highest BCUT2D eigenvalue weighted by molar-refractivity contribution is 7.99. The molecule has 0 bridgehead atoms. The summed E-state index contributed by atoms with van der Waals surface area (Å²) in [5.74, 6) is -0.0585. The van der Waals surface area contributed by atoms with E-state index in [2.05, 4.69) is 4.98 Å². The van der Waals surface area contributed by atoms with Crippen molar-refractivity contribution in [3.05, 3.63) is 16.1 Å². The number of hydrogen-bond acceptors (Lipinski definition) is 5. The molecular formula is C11H15N3O3S2. The topological polar surface area (TPSA) is 73.7 Å². The summed E-state index contributed by atoms with van der Waals surface area (Å²) < 4.78 is 0. The van der Waals surface area contributed by atoms with Crippen molar-refractivity contribution in [1.82, 2.24) is 14.8 Å². The van der Waals surface area contributed by atoms with Gasteiger partial charge >= 0.3 is 12.0 Å². The van der Waals surface area contributed by atoms with Crippen molar-refractivity contribution < 1.29 is 14.7 Å². The molecular weight excluding hydrogens is 286 g/mol. The lowest BCUT2D eigenvalue weighted by atomic mass is 10.3. The highest BCUT2D eigenvalue weighted by atomic mass is 32.2. The molecule has 0 spiro atoms. The quantitative estimate of drug-likeness (QED) is 0.915. The fourth-order valence-electron chi connectivity index (χ4n) is 1.82. The molecule has 2 rings (SSSR count). The van der Waals surface area contributed by atoms with Gasteiger partial charge in [-0.05, 0) is 6.92 Å². The SMILES string of the molecule is Cc1ncsc1CN(C)C(=O)N1CSCC1C(=O)O. The Morgan fingerprint density at radius 3 is 2.95 bits per heavy atom. The van der Waals surface area contributed by atoms with Crippen molar-refractivity contribution in [2.45, 2.75) is 19.5 Å². The average molecular weight is 301 g/mol. The Morgan fingerprint density at radius 2 is 2.37 bits per heavy atom. The summed E-state index contributed by atoms with van der Waals surface area (Å²) in [7, 11) is 1.68. The molecule has 1 N–H and O–H groups in total. The summed E-state index contributed by atoms with van der Waals surface area (Å²) in [6.07, 6.45) is 0. The summed E-state index contributed by atoms with van der Waals surface area (Å²) in [4.78, 5) is 31.4. The Hall–Kier alpha value is -1.28. The lowest BCUT2D eigenvalue weighted by Crippen LogP contribution is -2.47. The number of aromatic nitrogens is 1. The zero-order chi connectivity index (χ0) is 14.0. The van der Waals surface area contributed by atoms with Gasteiger partial charge in [-0.25, -0.2) is 14.6 Å². The first-order valence-electron chi connectivity index (χ1n) is 5.72. The van der Waals surface area contributed by atoms with Gasteiger partial charge < -0.3 is 14.9 Å². The molecule has 1 aromatic rings. The molecule has 2 heterocycles. The Bertz CT molecular complexity index is 491. The number of carbonyl (C=O) groups excluding carboxylic acids is 1. The molecule has 0 radical (unpaired) electrons. The van der Waals surface area contributed by atoms with Crippen LogP contribution in [0.1, 0.15) is 10.6 Å². The molecule has 1 saturated heterocycles. The van der Waals surface area contributed by atoms with Gasteiger partial charge in [-0.3, -0.25) is 0 Å². The molecule has 6 nitrogen and oxygen atoms in total. The zero-order valence-corrected chi connectivity index (χ0v) is 12.3. The molecule has 19 heavy (non-hydrogen) atoms. The molecule has 1 aliphatic heterocycles. The van der Waals surface area contributed by atoms with Gasteiger partial charge in [0.05, 0.1) is 23.6 Å². The highest BCUT2D eigenvalue weighted by Crippen LogP contribution is 2.23. The van der Waals surface area contributed by atoms with Crippen LogP contribution in [0.25, 0.3) is 0 Å². The van der Waals surface area contributed by atoms with Crippen LogP contribution in [0.4, 0.5) is 4.79 Å². The summed E-state index contributed by atoms with van der Waals surface area (Å²) in [5.41, 5.74) is 2.66. The third-order valence-electron chi connectivity index (χ3n) is 2.97. The molecule has 0 saturated carbocycles. The Kier molecular flexibility index (Phi) is 4.31. The maximum absolute atomic E-state index is 12.3. The van der Waals surface area contributed by atoms with E-state index in [0.717, 1.165) is 10.6 Å². The fraction of sp³-hybridized carbons (Fsp3) is 0.545. The van der Waals surface area contributed by atoms with Gasteiger partial charge in [0.2, 0.25) is 0 Å². The van der Waals surface area contributed by atoms with Gasteiger partial charge in [-0.2, -0.15) is 0 Å². The lowest BCUT2D eigenvalue weighted by molar-refractivity contribution is -0.140. The maximum atomic E-state index is 12.3. The molecule has 1 atom stereocenters. The zero-order valence-electron chi connectivity index (χ0n) is 10.7. The Balaban J connectivity index is 2.03. The van der Waals surface area contributed by atoms with Crippen molar-refractivity contribution in [2.24, 2.45) is 0 Å². The second kappa shape index (κ2) is 5.79. The van der Waals surface area contributed by atoms with Crippen molar-refractivity contribution >= 4 is 35.1 Å². The van der Waals surface area contributed by atoms with Crippen LogP contribution in [0, 0.1) is 6.92 Å². The van der Waals surface area contributed by atoms with Gasteiger partial charge in [0.25, 0.3) is 0 Å². The molecule has 1 aromatic heterocycles. The number of carboxylic acids is 1. The third-order valence-corrected chi connectivity index (χ3v) is 4.90. The van der Waals surface area contributed by atoms with Crippen molar-refractivity contribution in [2.75, 3.05) is 18.7 Å². The maximum Gasteiger partial charge on any atom is 0.327 e. The van der Waals surface area contributed by atoms with Gasteiger partial charge in [-0.15, -0.1) is 23.1 Å². The van der Waals surface area contributed by atoms with Crippen LogP contribution < -0.4 is 0 Å². The molecule has 1 unspecified atom stereocenters. The molecule has 1 aliphatic rings. The predicted octanol–water partition coefficient (Wildman–Crippen LogP) is 1.46. The number of carboxylic acid groups (broad SMARTS) is 1. The first-order valence-corrected chi connectivity index (χ1v) is 7.75. The smallest absolute Gasteiger partial charge is 0.327 e. The second-order valence-corrected chi connectivity index (χ2v) is 6.26. The third kappa shape index (κ3) is 3.01. The molecule has 104 valence electrons. The number of hydrogen-bond donors (Lipinski definition) is 1. The van der Waals surface area contributed by atoms with Crippen LogP contribution in [0.2, 0.25) is 0 Å². The van der Waals surface area contributed by atoms with Gasteiger partial charge in [0.1, 0.15) is 6.04 Å². The van der Waals surface area contributed by atoms with Gasteiger partial charge in [0, 0.05) is 17.7 Å². The Morgan fingerprint density at radius 1 is 1.63 bits per heavy atom. The number of thiazole rings is 1. The van der Waals surface area contributed by atoms with Crippen LogP contribution in [-0.4, -0.2) is 56.6 Å². The number of aryl methyl sites for hydroxylation is 1. The first kappa shape index (κ1) is 14.1. The standard InChI is InChI=1S/C11H15N3O3S2/c1-7-9(19-5-12-7)3-13(2)11(17)14-6-18-4-8(14)10(15)16/h5,8H,3-4,6H2,1-2H3,(H,15,16). The van der Waals surface area contributed by atoms with E-state index in [1.165, 1.54) is 28.0 Å². The molecule has 8 heteroatoms. The summed E-state index contributed by atoms with van der Waals surface area (Å²) >= 11 is 2.96. The van der Waals surface area contributed by atoms with Crippen LogP contribution >= 0.6 is 23.1 Å². The van der Waals surface area contributed by atoms with E-state index in [4.69, 9.17) is 5.11 Å². The molecule has 0 aliphatic carbocycles. The van der Waals surface area contributed by atoms with Crippen LogP contribution in [0.3, 0.4) is 0 Å². The second-order valence-electron chi connectivity index (χ2n) is 4.32. The average Bonchev–Trinajstić information content (AvgIpc) is 2.98. The van der Waals surface area contributed by atoms with Gasteiger partial charge in [-0.1, -0.05) is 0 Å². The monoisotopic (exact) mass is 301 g/mol. The minimum atomic E-state index is -0.944. The van der Waals surface area contributed by atoms with E-state index in [1.54, 1.807) is 17.5 Å². The minimum absolute atomic E-state index is 0.245. The minimum Gasteiger partial charge on any atom is -0.480 e. The molecule has 1 fully saturated rings. The van der Waals surface area contributed by atoms with E-state index in [-0.39, 0.29) is 6.03 Å². The number of aliphatic carboxylic acids is 1. The van der Waals surface area contributed by atoms with Crippen molar-refractivity contribution in [1.29, 1.82) is 0 Å². The summed E-state index contributed by atoms with van der Waals surface area (Å²) in [6.45, 7) is 2.36. The number of nitrogens with zero attached hydrogens (tertiary/aromatic N) is 3. The van der Waals surface area contributed by atoms with Crippen molar-refractivity contribution in [3.8, 4) is 0 Å². The largest absolute Gasteiger partial charge is 0.480 e. The number of thioether (sulfide) groups is 1. The predicted molar refractivity (Wildman–Crippen MR) is 74.3 cm³/mol. The lowest BCUT2D eigenvalue weighted by Gasteiger charge is -2.26. The molecule has 0 aromatic carbocycles. The van der Waals surface area contributed by atoms with E-state index < -0.39 is 12.0 Å². The number of urea groups is 1.